The highest BCUT2D eigenvalue weighted by molar-refractivity contribution is 6.00. The lowest BCUT2D eigenvalue weighted by Gasteiger charge is -2.15. The molecule has 0 saturated carbocycles. The minimum Gasteiger partial charge on any atom is -0.395 e. The van der Waals surface area contributed by atoms with Gasteiger partial charge in [-0.3, -0.25) is 15.0 Å². The summed E-state index contributed by atoms with van der Waals surface area (Å²) in [5.41, 5.74) is 3.13. The van der Waals surface area contributed by atoms with E-state index in [-0.39, 0.29) is 37.2 Å². The quantitative estimate of drug-likeness (QED) is 0.256. The Balaban J connectivity index is 4.23. The van der Waals surface area contributed by atoms with Gasteiger partial charge in [-0.25, -0.2) is 0 Å². The molecule has 0 radical (unpaired) electrons. The second kappa shape index (κ2) is 11.7. The molecule has 0 rings (SSSR count). The third-order valence-electron chi connectivity index (χ3n) is 2.96. The smallest absolute Gasteiger partial charge is 0.268 e. The summed E-state index contributed by atoms with van der Waals surface area (Å²) >= 11 is 0. The summed E-state index contributed by atoms with van der Waals surface area (Å²) in [5, 5.41) is 18.0. The summed E-state index contributed by atoms with van der Waals surface area (Å²) in [4.78, 5) is 23.3. The van der Waals surface area contributed by atoms with Crippen LogP contribution in [0.5, 0.6) is 0 Å². The van der Waals surface area contributed by atoms with E-state index in [4.69, 9.17) is 5.11 Å². The predicted octanol–water partition coefficient (Wildman–Crippen LogP) is 0.659. The van der Waals surface area contributed by atoms with Gasteiger partial charge < -0.3 is 15.7 Å². The Morgan fingerprint density at radius 2 is 2.00 bits per heavy atom. The van der Waals surface area contributed by atoms with E-state index in [0.29, 0.717) is 5.71 Å². The van der Waals surface area contributed by atoms with Crippen molar-refractivity contribution in [2.24, 2.45) is 5.10 Å². The Hall–Kier alpha value is -1.89. The molecule has 0 bridgehead atoms. The van der Waals surface area contributed by atoms with Crippen molar-refractivity contribution in [2.45, 2.75) is 52.5 Å². The van der Waals surface area contributed by atoms with Crippen LogP contribution in [0.25, 0.3) is 0 Å². The first kappa shape index (κ1) is 20.1. The first-order valence-corrected chi connectivity index (χ1v) is 7.61. The molecular formula is C15H28N4O3. The molecule has 0 aromatic rings. The lowest BCUT2D eigenvalue weighted by atomic mass is 10.1. The van der Waals surface area contributed by atoms with Gasteiger partial charge in [0.05, 0.1) is 13.0 Å². The number of nitrogens with zero attached hydrogens (tertiary/aromatic N) is 1. The van der Waals surface area contributed by atoms with E-state index in [9.17, 15) is 9.59 Å². The van der Waals surface area contributed by atoms with Crippen LogP contribution >= 0.6 is 0 Å². The number of rotatable bonds is 11. The summed E-state index contributed by atoms with van der Waals surface area (Å²) in [7, 11) is 0. The Morgan fingerprint density at radius 3 is 2.55 bits per heavy atom. The lowest BCUT2D eigenvalue weighted by Crippen LogP contribution is -2.35. The average Bonchev–Trinajstić information content (AvgIpc) is 2.49. The van der Waals surface area contributed by atoms with Crippen molar-refractivity contribution >= 4 is 17.5 Å². The average molecular weight is 312 g/mol. The zero-order valence-corrected chi connectivity index (χ0v) is 13.7. The second-order valence-corrected chi connectivity index (χ2v) is 5.06. The fourth-order valence-corrected chi connectivity index (χ4v) is 1.77. The predicted molar refractivity (Wildman–Crippen MR) is 87.2 cm³/mol. The van der Waals surface area contributed by atoms with E-state index < -0.39 is 5.91 Å². The molecule has 0 aliphatic rings. The topological polar surface area (TPSA) is 103 Å². The standard InChI is InChI=1S/C15H28N4O3/c1-5-7-13(6-2)17-14(21)10-11(3)18-19-12(4)15(22)16-8-9-20/h13,19-20H,4-10H2,1-3H3,(H,16,22)(H,17,21)/b18-11+. The molecule has 126 valence electrons. The number of aliphatic hydroxyl groups excluding tert-OH is 1. The minimum atomic E-state index is -0.441. The molecule has 4 N–H and O–H groups in total. The third-order valence-corrected chi connectivity index (χ3v) is 2.96. The zero-order chi connectivity index (χ0) is 17.0. The maximum Gasteiger partial charge on any atom is 0.268 e. The van der Waals surface area contributed by atoms with Crippen LogP contribution in [0.2, 0.25) is 0 Å². The van der Waals surface area contributed by atoms with Crippen LogP contribution < -0.4 is 16.1 Å². The third kappa shape index (κ3) is 9.12. The van der Waals surface area contributed by atoms with Gasteiger partial charge >= 0.3 is 0 Å². The molecule has 0 saturated heterocycles. The number of nitrogens with one attached hydrogen (secondary N) is 3. The highest BCUT2D eigenvalue weighted by atomic mass is 16.3. The summed E-state index contributed by atoms with van der Waals surface area (Å²) < 4.78 is 0. The van der Waals surface area contributed by atoms with Gasteiger partial charge in [-0.15, -0.1) is 0 Å². The SMILES string of the molecule is C=C(N/N=C(\C)CC(=O)NC(CC)CCC)C(=O)NCCO. The number of hydrazone groups is 1. The first-order chi connectivity index (χ1) is 10.4. The van der Waals surface area contributed by atoms with Crippen LogP contribution in [0.3, 0.4) is 0 Å². The van der Waals surface area contributed by atoms with Crippen molar-refractivity contribution in [3.8, 4) is 0 Å². The lowest BCUT2D eigenvalue weighted by molar-refractivity contribution is -0.120. The largest absolute Gasteiger partial charge is 0.395 e. The van der Waals surface area contributed by atoms with Gasteiger partial charge in [0.25, 0.3) is 5.91 Å². The van der Waals surface area contributed by atoms with Crippen molar-refractivity contribution in [3.05, 3.63) is 12.3 Å². The Kier molecular flexibility index (Phi) is 10.7. The van der Waals surface area contributed by atoms with E-state index in [1.54, 1.807) is 6.92 Å². The Morgan fingerprint density at radius 1 is 1.32 bits per heavy atom. The van der Waals surface area contributed by atoms with Crippen LogP contribution in [0.4, 0.5) is 0 Å². The number of hydrogen-bond acceptors (Lipinski definition) is 5. The number of carbonyl (C=O) groups is 2. The van der Waals surface area contributed by atoms with Crippen LogP contribution in [-0.2, 0) is 9.59 Å². The van der Waals surface area contributed by atoms with Gasteiger partial charge in [0, 0.05) is 18.3 Å². The zero-order valence-electron chi connectivity index (χ0n) is 13.7. The highest BCUT2D eigenvalue weighted by Crippen LogP contribution is 2.01. The molecule has 7 heteroatoms. The molecule has 0 aliphatic carbocycles. The number of carbonyl (C=O) groups excluding carboxylic acids is 2. The van der Waals surface area contributed by atoms with Gasteiger partial charge in [-0.05, 0) is 19.8 Å². The Bertz CT molecular complexity index is 408. The van der Waals surface area contributed by atoms with Crippen LogP contribution in [0, 0.1) is 0 Å². The highest BCUT2D eigenvalue weighted by Gasteiger charge is 2.11. The van der Waals surface area contributed by atoms with E-state index in [1.807, 2.05) is 6.92 Å². The molecule has 7 nitrogen and oxygen atoms in total. The van der Waals surface area contributed by atoms with E-state index in [0.717, 1.165) is 19.3 Å². The molecule has 0 aromatic heterocycles. The van der Waals surface area contributed by atoms with Gasteiger partial charge in [0.2, 0.25) is 5.91 Å². The summed E-state index contributed by atoms with van der Waals surface area (Å²) in [6.07, 6.45) is 3.04. The van der Waals surface area contributed by atoms with E-state index >= 15 is 0 Å². The molecule has 0 aromatic carbocycles. The van der Waals surface area contributed by atoms with Crippen molar-refractivity contribution in [1.82, 2.24) is 16.1 Å². The maximum absolute atomic E-state index is 11.9. The fourth-order valence-electron chi connectivity index (χ4n) is 1.77. The monoisotopic (exact) mass is 312 g/mol. The first-order valence-electron chi connectivity index (χ1n) is 7.61. The summed E-state index contributed by atoms with van der Waals surface area (Å²) in [6.45, 7) is 9.37. The molecule has 0 fully saturated rings. The molecule has 0 heterocycles. The van der Waals surface area contributed by atoms with E-state index in [1.165, 1.54) is 0 Å². The summed E-state index contributed by atoms with van der Waals surface area (Å²) in [5.74, 6) is -0.525. The molecule has 0 spiro atoms. The number of aliphatic hydroxyl groups is 1. The van der Waals surface area contributed by atoms with Crippen molar-refractivity contribution in [3.63, 3.8) is 0 Å². The van der Waals surface area contributed by atoms with Crippen molar-refractivity contribution in [2.75, 3.05) is 13.2 Å². The summed E-state index contributed by atoms with van der Waals surface area (Å²) in [6, 6.07) is 0.192. The number of amides is 2. The van der Waals surface area contributed by atoms with Crippen molar-refractivity contribution in [1.29, 1.82) is 0 Å². The molecule has 22 heavy (non-hydrogen) atoms. The molecule has 1 atom stereocenters. The molecular weight excluding hydrogens is 284 g/mol. The molecule has 1 unspecified atom stereocenters. The Labute approximate surface area is 132 Å². The molecule has 2 amide bonds. The second-order valence-electron chi connectivity index (χ2n) is 5.06. The maximum atomic E-state index is 11.9. The van der Waals surface area contributed by atoms with Crippen LogP contribution in [0.15, 0.2) is 17.4 Å². The van der Waals surface area contributed by atoms with Gasteiger partial charge in [-0.2, -0.15) is 5.10 Å². The normalized spacial score (nSPS) is 12.5. The fraction of sp³-hybridized carbons (Fsp3) is 0.667. The van der Waals surface area contributed by atoms with Crippen LogP contribution in [0.1, 0.15) is 46.5 Å². The van der Waals surface area contributed by atoms with Gasteiger partial charge in [0.15, 0.2) is 0 Å². The van der Waals surface area contributed by atoms with Crippen LogP contribution in [-0.4, -0.2) is 41.8 Å². The van der Waals surface area contributed by atoms with E-state index in [2.05, 4.69) is 34.7 Å². The van der Waals surface area contributed by atoms with Gasteiger partial charge in [0.1, 0.15) is 5.70 Å². The van der Waals surface area contributed by atoms with Gasteiger partial charge in [-0.1, -0.05) is 26.8 Å². The number of hydrogen-bond donors (Lipinski definition) is 4. The van der Waals surface area contributed by atoms with Crippen molar-refractivity contribution < 1.29 is 14.7 Å². The minimum absolute atomic E-state index is 0.0608. The molecule has 0 aliphatic heterocycles.